The molecule has 144 valence electrons. The van der Waals surface area contributed by atoms with Crippen molar-refractivity contribution < 1.29 is 14.3 Å². The fourth-order valence-corrected chi connectivity index (χ4v) is 4.65. The molecule has 4 rings (SSSR count). The standard InChI is InChI=1S/C21H18BrClN2O3/c1-28-21(27)17-10-14-12-6-3-5-9-16(12)24-19(14)20(25(17)18(26)11-23)13-7-2-4-8-15(13)22/h2-9,17,20,24H,10-11H2,1H3/t17-,20-/m1/s1. The van der Waals surface area contributed by atoms with Gasteiger partial charge in [0, 0.05) is 27.5 Å². The third-order valence-corrected chi connectivity index (χ3v) is 6.16. The number of aromatic amines is 1. The lowest BCUT2D eigenvalue weighted by Gasteiger charge is -2.41. The molecule has 1 N–H and O–H groups in total. The second kappa shape index (κ2) is 7.60. The maximum absolute atomic E-state index is 12.9. The molecule has 28 heavy (non-hydrogen) atoms. The van der Waals surface area contributed by atoms with Gasteiger partial charge in [-0.2, -0.15) is 0 Å². The number of nitrogens with one attached hydrogen (secondary N) is 1. The van der Waals surface area contributed by atoms with Gasteiger partial charge in [0.25, 0.3) is 0 Å². The Hall–Kier alpha value is -2.31. The van der Waals surface area contributed by atoms with Crippen molar-refractivity contribution >= 4 is 50.3 Å². The Morgan fingerprint density at radius 3 is 2.64 bits per heavy atom. The second-order valence-corrected chi connectivity index (χ2v) is 7.79. The van der Waals surface area contributed by atoms with Crippen LogP contribution in [-0.4, -0.2) is 40.8 Å². The minimum absolute atomic E-state index is 0.218. The van der Waals surface area contributed by atoms with Crippen LogP contribution in [-0.2, 0) is 20.7 Å². The molecule has 0 saturated carbocycles. The number of alkyl halides is 1. The molecule has 0 fully saturated rings. The number of rotatable bonds is 3. The summed E-state index contributed by atoms with van der Waals surface area (Å²) in [6.45, 7) is 0. The second-order valence-electron chi connectivity index (χ2n) is 6.66. The van der Waals surface area contributed by atoms with Gasteiger partial charge in [0.1, 0.15) is 11.9 Å². The first-order chi connectivity index (χ1) is 13.6. The van der Waals surface area contributed by atoms with E-state index >= 15 is 0 Å². The summed E-state index contributed by atoms with van der Waals surface area (Å²) in [4.78, 5) is 30.5. The van der Waals surface area contributed by atoms with Gasteiger partial charge in [-0.05, 0) is 23.3 Å². The highest BCUT2D eigenvalue weighted by Gasteiger charge is 2.44. The highest BCUT2D eigenvalue weighted by atomic mass is 79.9. The van der Waals surface area contributed by atoms with E-state index in [2.05, 4.69) is 20.9 Å². The normalized spacial score (nSPS) is 18.8. The Morgan fingerprint density at radius 2 is 1.93 bits per heavy atom. The van der Waals surface area contributed by atoms with Crippen LogP contribution in [0.1, 0.15) is 22.9 Å². The molecule has 1 aromatic heterocycles. The number of halogens is 2. The number of carbonyl (C=O) groups is 2. The van der Waals surface area contributed by atoms with Gasteiger partial charge in [-0.3, -0.25) is 4.79 Å². The first kappa shape index (κ1) is 19.0. The number of hydrogen-bond donors (Lipinski definition) is 1. The van der Waals surface area contributed by atoms with Crippen LogP contribution in [0.3, 0.4) is 0 Å². The van der Waals surface area contributed by atoms with Gasteiger partial charge in [-0.1, -0.05) is 52.3 Å². The van der Waals surface area contributed by atoms with Crippen LogP contribution in [0.5, 0.6) is 0 Å². The molecule has 1 amide bonds. The molecule has 2 atom stereocenters. The number of hydrogen-bond acceptors (Lipinski definition) is 3. The summed E-state index contributed by atoms with van der Waals surface area (Å²) < 4.78 is 5.88. The molecule has 0 aliphatic carbocycles. The summed E-state index contributed by atoms with van der Waals surface area (Å²) in [5, 5.41) is 1.04. The van der Waals surface area contributed by atoms with Gasteiger partial charge in [-0.15, -0.1) is 11.6 Å². The number of fused-ring (bicyclic) bond motifs is 3. The van der Waals surface area contributed by atoms with Crippen molar-refractivity contribution in [3.63, 3.8) is 0 Å². The number of ether oxygens (including phenoxy) is 1. The minimum Gasteiger partial charge on any atom is -0.467 e. The Bertz CT molecular complexity index is 1060. The third-order valence-electron chi connectivity index (χ3n) is 5.21. The molecule has 3 aromatic rings. The SMILES string of the molecule is COC(=O)[C@H]1Cc2c([nH]c3ccccc23)[C@@H](c2ccccc2Br)N1C(=O)CCl. The first-order valence-electron chi connectivity index (χ1n) is 8.85. The highest BCUT2D eigenvalue weighted by molar-refractivity contribution is 9.10. The summed E-state index contributed by atoms with van der Waals surface area (Å²) in [5.74, 6) is -0.988. The molecule has 0 unspecified atom stereocenters. The summed E-state index contributed by atoms with van der Waals surface area (Å²) in [6.07, 6.45) is 0.371. The van der Waals surface area contributed by atoms with Crippen LogP contribution in [0, 0.1) is 0 Å². The van der Waals surface area contributed by atoms with E-state index in [9.17, 15) is 9.59 Å². The number of amides is 1. The van der Waals surface area contributed by atoms with Gasteiger partial charge < -0.3 is 14.6 Å². The molecule has 0 radical (unpaired) electrons. The van der Waals surface area contributed by atoms with Crippen molar-refractivity contribution in [3.8, 4) is 0 Å². The summed E-state index contributed by atoms with van der Waals surface area (Å²) in [6, 6.07) is 14.4. The van der Waals surface area contributed by atoms with E-state index in [1.165, 1.54) is 7.11 Å². The zero-order chi connectivity index (χ0) is 19.8. The molecular weight excluding hydrogens is 444 g/mol. The van der Waals surface area contributed by atoms with Crippen molar-refractivity contribution in [1.29, 1.82) is 0 Å². The number of H-pyrrole nitrogens is 1. The van der Waals surface area contributed by atoms with Gasteiger partial charge in [0.05, 0.1) is 13.2 Å². The molecule has 1 aliphatic rings. The molecule has 2 aromatic carbocycles. The number of aromatic nitrogens is 1. The van der Waals surface area contributed by atoms with Crippen molar-refractivity contribution in [1.82, 2.24) is 9.88 Å². The van der Waals surface area contributed by atoms with E-state index in [1.807, 2.05) is 48.5 Å². The average Bonchev–Trinajstić information content (AvgIpc) is 3.10. The van der Waals surface area contributed by atoms with E-state index in [-0.39, 0.29) is 11.8 Å². The molecule has 0 bridgehead atoms. The lowest BCUT2D eigenvalue weighted by atomic mass is 9.88. The Morgan fingerprint density at radius 1 is 1.21 bits per heavy atom. The molecule has 0 saturated heterocycles. The topological polar surface area (TPSA) is 62.4 Å². The Balaban J connectivity index is 2.01. The van der Waals surface area contributed by atoms with Crippen LogP contribution in [0.25, 0.3) is 10.9 Å². The number of benzene rings is 2. The van der Waals surface area contributed by atoms with Crippen molar-refractivity contribution in [2.24, 2.45) is 0 Å². The van der Waals surface area contributed by atoms with Crippen molar-refractivity contribution in [2.75, 3.05) is 13.0 Å². The van der Waals surface area contributed by atoms with Gasteiger partial charge >= 0.3 is 5.97 Å². The predicted molar refractivity (Wildman–Crippen MR) is 111 cm³/mol. The number of methoxy groups -OCH3 is 1. The monoisotopic (exact) mass is 460 g/mol. The maximum atomic E-state index is 12.9. The molecule has 5 nitrogen and oxygen atoms in total. The lowest BCUT2D eigenvalue weighted by molar-refractivity contribution is -0.154. The van der Waals surface area contributed by atoms with Crippen LogP contribution in [0.4, 0.5) is 0 Å². The van der Waals surface area contributed by atoms with Gasteiger partial charge in [0.2, 0.25) is 5.91 Å². The number of esters is 1. The maximum Gasteiger partial charge on any atom is 0.328 e. The van der Waals surface area contributed by atoms with E-state index in [1.54, 1.807) is 4.90 Å². The van der Waals surface area contributed by atoms with Gasteiger partial charge in [-0.25, -0.2) is 4.79 Å². The van der Waals surface area contributed by atoms with E-state index in [4.69, 9.17) is 16.3 Å². The van der Waals surface area contributed by atoms with E-state index in [0.717, 1.165) is 32.2 Å². The van der Waals surface area contributed by atoms with Crippen LogP contribution in [0.2, 0.25) is 0 Å². The fourth-order valence-electron chi connectivity index (χ4n) is 4.01. The fraction of sp³-hybridized carbons (Fsp3) is 0.238. The highest BCUT2D eigenvalue weighted by Crippen LogP contribution is 2.43. The van der Waals surface area contributed by atoms with E-state index in [0.29, 0.717) is 6.42 Å². The zero-order valence-electron chi connectivity index (χ0n) is 15.1. The average molecular weight is 462 g/mol. The number of para-hydroxylation sites is 1. The van der Waals surface area contributed by atoms with Crippen LogP contribution < -0.4 is 0 Å². The molecule has 2 heterocycles. The molecule has 7 heteroatoms. The number of carbonyl (C=O) groups excluding carboxylic acids is 2. The lowest BCUT2D eigenvalue weighted by Crippen LogP contribution is -2.52. The Kier molecular flexibility index (Phi) is 5.17. The zero-order valence-corrected chi connectivity index (χ0v) is 17.5. The predicted octanol–water partition coefficient (Wildman–Crippen LogP) is 4.18. The minimum atomic E-state index is -0.750. The quantitative estimate of drug-likeness (QED) is 0.470. The van der Waals surface area contributed by atoms with E-state index < -0.39 is 18.1 Å². The van der Waals surface area contributed by atoms with Crippen LogP contribution >= 0.6 is 27.5 Å². The smallest absolute Gasteiger partial charge is 0.328 e. The summed E-state index contributed by atoms with van der Waals surface area (Å²) in [7, 11) is 1.34. The van der Waals surface area contributed by atoms with Crippen LogP contribution in [0.15, 0.2) is 53.0 Å². The first-order valence-corrected chi connectivity index (χ1v) is 10.2. The molecule has 0 spiro atoms. The summed E-state index contributed by atoms with van der Waals surface area (Å²) >= 11 is 9.53. The molecule has 1 aliphatic heterocycles. The summed E-state index contributed by atoms with van der Waals surface area (Å²) in [5.41, 5.74) is 3.76. The van der Waals surface area contributed by atoms with Gasteiger partial charge in [0.15, 0.2) is 0 Å². The largest absolute Gasteiger partial charge is 0.467 e. The third kappa shape index (κ3) is 3.01. The van der Waals surface area contributed by atoms with Crippen molar-refractivity contribution in [2.45, 2.75) is 18.5 Å². The number of nitrogens with zero attached hydrogens (tertiary/aromatic N) is 1. The van der Waals surface area contributed by atoms with Crippen molar-refractivity contribution in [3.05, 3.63) is 69.8 Å². The molecular formula is C21H18BrClN2O3. The Labute approximate surface area is 175 Å².